The number of hydrogen-bond acceptors (Lipinski definition) is 4. The molecule has 6 heteroatoms. The van der Waals surface area contributed by atoms with E-state index in [0.717, 1.165) is 0 Å². The summed E-state index contributed by atoms with van der Waals surface area (Å²) in [6, 6.07) is 6.97. The lowest BCUT2D eigenvalue weighted by Gasteiger charge is -2.62. The average Bonchev–Trinajstić information content (AvgIpc) is 2.48. The molecule has 1 aromatic carbocycles. The van der Waals surface area contributed by atoms with Gasteiger partial charge in [0.2, 0.25) is 0 Å². The number of carbonyl (C=O) groups is 1. The summed E-state index contributed by atoms with van der Waals surface area (Å²) < 4.78 is 11.6. The van der Waals surface area contributed by atoms with Gasteiger partial charge in [0.25, 0.3) is 0 Å². The first-order valence-corrected chi connectivity index (χ1v) is 9.02. The normalized spacial score (nSPS) is 23.3. The fourth-order valence-electron chi connectivity index (χ4n) is 4.02. The zero-order chi connectivity index (χ0) is 19.9. The first-order valence-electron chi connectivity index (χ1n) is 8.65. The van der Waals surface area contributed by atoms with Crippen LogP contribution in [0.3, 0.4) is 0 Å². The highest BCUT2D eigenvalue weighted by molar-refractivity contribution is 6.31. The molecule has 5 nitrogen and oxygen atoms in total. The van der Waals surface area contributed by atoms with Crippen LogP contribution in [0, 0.1) is 22.2 Å². The van der Waals surface area contributed by atoms with Crippen LogP contribution in [-0.2, 0) is 4.74 Å². The van der Waals surface area contributed by atoms with Gasteiger partial charge in [-0.25, -0.2) is 4.79 Å². The van der Waals surface area contributed by atoms with Crippen molar-refractivity contribution in [3.63, 3.8) is 0 Å². The van der Waals surface area contributed by atoms with E-state index in [0.29, 0.717) is 16.3 Å². The van der Waals surface area contributed by atoms with Gasteiger partial charge in [0.1, 0.15) is 23.5 Å². The lowest BCUT2D eigenvalue weighted by molar-refractivity contribution is -0.166. The Labute approximate surface area is 160 Å². The van der Waals surface area contributed by atoms with Crippen LogP contribution in [0.5, 0.6) is 5.75 Å². The second-order valence-electron chi connectivity index (χ2n) is 8.97. The Morgan fingerprint density at radius 1 is 1.23 bits per heavy atom. The number of rotatable bonds is 3. The van der Waals surface area contributed by atoms with E-state index in [1.54, 1.807) is 18.2 Å². The Hall–Kier alpha value is -1.93. The minimum atomic E-state index is -0.544. The standard InChI is InChI=1S/C20H27ClN2O3/c1-18(2,3)26-17(24)23-15-19(4,5)16(20(15,6)7)25-13-9-8-12(11-22)14(21)10-13/h8-10,15-16H,1-7H3,(H,23,24)/t15-,16-. The highest BCUT2D eigenvalue weighted by atomic mass is 35.5. The van der Waals surface area contributed by atoms with Gasteiger partial charge in [0.15, 0.2) is 0 Å². The largest absolute Gasteiger partial charge is 0.489 e. The zero-order valence-corrected chi connectivity index (χ0v) is 17.2. The Morgan fingerprint density at radius 2 is 1.81 bits per heavy atom. The van der Waals surface area contributed by atoms with Crippen molar-refractivity contribution in [2.45, 2.75) is 66.2 Å². The van der Waals surface area contributed by atoms with Gasteiger partial charge in [0, 0.05) is 22.9 Å². The monoisotopic (exact) mass is 378 g/mol. The summed E-state index contributed by atoms with van der Waals surface area (Å²) in [5, 5.41) is 12.3. The van der Waals surface area contributed by atoms with Crippen LogP contribution in [0.2, 0.25) is 5.02 Å². The van der Waals surface area contributed by atoms with Crippen LogP contribution in [0.4, 0.5) is 4.79 Å². The van der Waals surface area contributed by atoms with E-state index in [2.05, 4.69) is 33.0 Å². The summed E-state index contributed by atoms with van der Waals surface area (Å²) in [5.41, 5.74) is -0.741. The van der Waals surface area contributed by atoms with Gasteiger partial charge in [0.05, 0.1) is 10.6 Å². The van der Waals surface area contributed by atoms with Crippen LogP contribution in [0.1, 0.15) is 54.0 Å². The number of halogens is 1. The fraction of sp³-hybridized carbons (Fsp3) is 0.600. The number of hydrogen-bond donors (Lipinski definition) is 1. The predicted octanol–water partition coefficient (Wildman–Crippen LogP) is 4.92. The smallest absolute Gasteiger partial charge is 0.407 e. The number of ether oxygens (including phenoxy) is 2. The molecule has 0 aromatic heterocycles. The Balaban J connectivity index is 2.14. The molecule has 0 saturated heterocycles. The number of amides is 1. The van der Waals surface area contributed by atoms with Crippen molar-refractivity contribution in [1.82, 2.24) is 5.32 Å². The first-order chi connectivity index (χ1) is 11.8. The maximum atomic E-state index is 12.2. The Kier molecular flexibility index (Phi) is 5.22. The molecule has 1 fully saturated rings. The molecule has 0 heterocycles. The van der Waals surface area contributed by atoms with Crippen LogP contribution >= 0.6 is 11.6 Å². The Morgan fingerprint density at radius 3 is 2.27 bits per heavy atom. The molecule has 1 aliphatic carbocycles. The van der Waals surface area contributed by atoms with Crippen molar-refractivity contribution in [1.29, 1.82) is 5.26 Å². The quantitative estimate of drug-likeness (QED) is 0.810. The lowest BCUT2D eigenvalue weighted by atomic mass is 9.49. The van der Waals surface area contributed by atoms with Gasteiger partial charge in [-0.15, -0.1) is 0 Å². The fourth-order valence-corrected chi connectivity index (χ4v) is 4.23. The molecule has 1 saturated carbocycles. The molecule has 0 radical (unpaired) electrons. The molecule has 1 amide bonds. The van der Waals surface area contributed by atoms with Crippen LogP contribution in [0.15, 0.2) is 18.2 Å². The van der Waals surface area contributed by atoms with Crippen molar-refractivity contribution >= 4 is 17.7 Å². The third-order valence-corrected chi connectivity index (χ3v) is 5.13. The molecule has 0 spiro atoms. The van der Waals surface area contributed by atoms with Gasteiger partial charge in [-0.3, -0.25) is 0 Å². The molecule has 1 aliphatic rings. The summed E-state index contributed by atoms with van der Waals surface area (Å²) in [4.78, 5) is 12.2. The second kappa shape index (κ2) is 6.66. The van der Waals surface area contributed by atoms with Gasteiger partial charge in [-0.1, -0.05) is 39.3 Å². The maximum absolute atomic E-state index is 12.2. The zero-order valence-electron chi connectivity index (χ0n) is 16.4. The van der Waals surface area contributed by atoms with Crippen molar-refractivity contribution in [3.8, 4) is 11.8 Å². The lowest BCUT2D eigenvalue weighted by Crippen LogP contribution is -2.74. The number of benzene rings is 1. The van der Waals surface area contributed by atoms with E-state index < -0.39 is 11.7 Å². The van der Waals surface area contributed by atoms with Gasteiger partial charge in [-0.05, 0) is 32.9 Å². The summed E-state index contributed by atoms with van der Waals surface area (Å²) in [7, 11) is 0. The molecule has 1 N–H and O–H groups in total. The van der Waals surface area contributed by atoms with E-state index in [1.165, 1.54) is 0 Å². The summed E-state index contributed by atoms with van der Waals surface area (Å²) in [6.07, 6.45) is -0.567. The van der Waals surface area contributed by atoms with Crippen LogP contribution in [0.25, 0.3) is 0 Å². The minimum absolute atomic E-state index is 0.108. The molecule has 0 atom stereocenters. The molecule has 2 rings (SSSR count). The van der Waals surface area contributed by atoms with Gasteiger partial charge >= 0.3 is 6.09 Å². The summed E-state index contributed by atoms with van der Waals surface area (Å²) in [5.74, 6) is 0.607. The van der Waals surface area contributed by atoms with Gasteiger partial charge in [-0.2, -0.15) is 5.26 Å². The molecule has 0 bridgehead atoms. The van der Waals surface area contributed by atoms with E-state index in [-0.39, 0.29) is 23.0 Å². The predicted molar refractivity (Wildman–Crippen MR) is 101 cm³/mol. The molecular weight excluding hydrogens is 352 g/mol. The number of nitrogens with one attached hydrogen (secondary N) is 1. The first kappa shape index (κ1) is 20.4. The number of alkyl carbamates (subject to hydrolysis) is 1. The summed E-state index contributed by atoms with van der Waals surface area (Å²) >= 11 is 6.10. The van der Waals surface area contributed by atoms with E-state index >= 15 is 0 Å². The third-order valence-electron chi connectivity index (χ3n) is 4.82. The molecular formula is C20H27ClN2O3. The highest BCUT2D eigenvalue weighted by Gasteiger charge is 2.64. The SMILES string of the molecule is CC(C)(C)OC(=O)N[C@H]1C(C)(C)[C@H](Oc2ccc(C#N)c(Cl)c2)C1(C)C. The third kappa shape index (κ3) is 3.91. The van der Waals surface area contributed by atoms with Crippen LogP contribution < -0.4 is 10.1 Å². The van der Waals surface area contributed by atoms with Crippen molar-refractivity contribution in [3.05, 3.63) is 28.8 Å². The minimum Gasteiger partial charge on any atom is -0.489 e. The maximum Gasteiger partial charge on any atom is 0.407 e. The van der Waals surface area contributed by atoms with E-state index in [4.69, 9.17) is 26.3 Å². The van der Waals surface area contributed by atoms with Gasteiger partial charge < -0.3 is 14.8 Å². The average molecular weight is 379 g/mol. The van der Waals surface area contributed by atoms with Crippen molar-refractivity contribution in [2.24, 2.45) is 10.8 Å². The summed E-state index contributed by atoms with van der Waals surface area (Å²) in [6.45, 7) is 13.7. The second-order valence-corrected chi connectivity index (χ2v) is 9.38. The Bertz CT molecular complexity index is 728. The molecule has 0 unspecified atom stereocenters. The van der Waals surface area contributed by atoms with E-state index in [1.807, 2.05) is 26.8 Å². The highest BCUT2D eigenvalue weighted by Crippen LogP contribution is 2.55. The topological polar surface area (TPSA) is 71.3 Å². The number of nitrogens with zero attached hydrogens (tertiary/aromatic N) is 1. The molecule has 1 aromatic rings. The molecule has 26 heavy (non-hydrogen) atoms. The number of nitriles is 1. The van der Waals surface area contributed by atoms with Crippen molar-refractivity contribution < 1.29 is 14.3 Å². The number of carbonyl (C=O) groups excluding carboxylic acids is 1. The van der Waals surface area contributed by atoms with E-state index in [9.17, 15) is 4.79 Å². The molecule has 142 valence electrons. The van der Waals surface area contributed by atoms with Crippen LogP contribution in [-0.4, -0.2) is 23.8 Å². The van der Waals surface area contributed by atoms with Crippen molar-refractivity contribution in [2.75, 3.05) is 0 Å². The molecule has 0 aliphatic heterocycles.